The van der Waals surface area contributed by atoms with Crippen LogP contribution in [0.1, 0.15) is 18.1 Å². The van der Waals surface area contributed by atoms with E-state index in [0.29, 0.717) is 10.6 Å². The van der Waals surface area contributed by atoms with E-state index in [0.717, 1.165) is 0 Å². The Morgan fingerprint density at radius 1 is 1.34 bits per heavy atom. The van der Waals surface area contributed by atoms with Crippen LogP contribution in [-0.4, -0.2) is 43.4 Å². The normalized spacial score (nSPS) is 15.2. The summed E-state index contributed by atoms with van der Waals surface area (Å²) in [5.41, 5.74) is 0.363. The number of nitro benzene ring substituents is 1. The highest BCUT2D eigenvalue weighted by Gasteiger charge is 2.31. The Hall–Kier alpha value is -2.77. The van der Waals surface area contributed by atoms with E-state index in [9.17, 15) is 28.4 Å². The van der Waals surface area contributed by atoms with E-state index >= 15 is 0 Å². The number of hydrogen-bond acceptors (Lipinski definition) is 9. The molecule has 2 aromatic rings. The number of ether oxygens (including phenoxy) is 3. The fourth-order valence-corrected chi connectivity index (χ4v) is 4.31. The Balaban J connectivity index is 1.78. The van der Waals surface area contributed by atoms with Crippen molar-refractivity contribution in [1.82, 2.24) is 4.72 Å². The molecule has 0 aliphatic carbocycles. The van der Waals surface area contributed by atoms with Crippen LogP contribution in [-0.2, 0) is 37.5 Å². The number of carbonyl (C=O) groups is 1. The molecule has 0 radical (unpaired) electrons. The lowest BCUT2D eigenvalue weighted by Crippen LogP contribution is -2.48. The van der Waals surface area contributed by atoms with Crippen molar-refractivity contribution in [2.24, 2.45) is 0 Å². The van der Waals surface area contributed by atoms with E-state index < -0.39 is 39.7 Å². The van der Waals surface area contributed by atoms with E-state index in [-0.39, 0.29) is 35.3 Å². The van der Waals surface area contributed by atoms with Gasteiger partial charge in [-0.3, -0.25) is 14.9 Å². The number of fused-ring (bicyclic) bond motifs is 1. The number of non-ortho nitro benzene ring substituents is 1. The van der Waals surface area contributed by atoms with Gasteiger partial charge in [-0.2, -0.15) is 4.72 Å². The fourth-order valence-electron chi connectivity index (χ4n) is 2.92. The van der Waals surface area contributed by atoms with Crippen molar-refractivity contribution < 1.29 is 37.5 Å². The van der Waals surface area contributed by atoms with E-state index in [4.69, 9.17) is 25.8 Å². The molecule has 0 saturated carbocycles. The Labute approximate surface area is 188 Å². The summed E-state index contributed by atoms with van der Waals surface area (Å²) in [6.45, 7) is 0.763. The van der Waals surface area contributed by atoms with Gasteiger partial charge in [-0.25, -0.2) is 8.42 Å². The molecule has 11 nitrogen and oxygen atoms in total. The van der Waals surface area contributed by atoms with Crippen molar-refractivity contribution in [3.05, 3.63) is 62.7 Å². The Bertz CT molecular complexity index is 1120. The molecule has 32 heavy (non-hydrogen) atoms. The summed E-state index contributed by atoms with van der Waals surface area (Å²) in [6, 6.07) is 6.05. The summed E-state index contributed by atoms with van der Waals surface area (Å²) in [7, 11) is -4.18. The zero-order valence-corrected chi connectivity index (χ0v) is 18.3. The number of halogens is 1. The monoisotopic (exact) mass is 486 g/mol. The molecule has 0 aromatic heterocycles. The summed E-state index contributed by atoms with van der Waals surface area (Å²) >= 11 is 5.76. The summed E-state index contributed by atoms with van der Waals surface area (Å²) in [5.74, 6) is -0.796. The molecule has 2 N–H and O–H groups in total. The summed E-state index contributed by atoms with van der Waals surface area (Å²) in [5, 5.41) is 21.5. The first kappa shape index (κ1) is 23.9. The molecule has 2 aromatic carbocycles. The maximum absolute atomic E-state index is 12.6. The molecule has 1 aliphatic heterocycles. The first-order chi connectivity index (χ1) is 15.1. The fraction of sp³-hybridized carbons (Fsp3) is 0.316. The van der Waals surface area contributed by atoms with Crippen molar-refractivity contribution in [3.63, 3.8) is 0 Å². The highest BCUT2D eigenvalue weighted by Crippen LogP contribution is 2.33. The largest absolute Gasteiger partial charge is 0.467 e. The van der Waals surface area contributed by atoms with E-state index in [1.165, 1.54) is 43.3 Å². The van der Waals surface area contributed by atoms with Crippen LogP contribution in [0.3, 0.4) is 0 Å². The van der Waals surface area contributed by atoms with Gasteiger partial charge in [-0.1, -0.05) is 11.6 Å². The summed E-state index contributed by atoms with van der Waals surface area (Å²) < 4.78 is 42.9. The second-order valence-electron chi connectivity index (χ2n) is 6.86. The van der Waals surface area contributed by atoms with Gasteiger partial charge in [0, 0.05) is 28.3 Å². The maximum atomic E-state index is 12.6. The average molecular weight is 487 g/mol. The lowest BCUT2D eigenvalue weighted by molar-refractivity contribution is -0.385. The Morgan fingerprint density at radius 2 is 2.03 bits per heavy atom. The maximum Gasteiger partial charge on any atom is 0.327 e. The first-order valence-electron chi connectivity index (χ1n) is 9.22. The molecule has 2 atom stereocenters. The number of nitrogens with one attached hydrogen (secondary N) is 1. The van der Waals surface area contributed by atoms with Crippen LogP contribution < -0.4 is 9.46 Å². The van der Waals surface area contributed by atoms with E-state index in [1.807, 2.05) is 0 Å². The lowest BCUT2D eigenvalue weighted by Gasteiger charge is -2.22. The molecule has 1 aliphatic rings. The molecule has 0 fully saturated rings. The molecule has 1 heterocycles. The minimum absolute atomic E-state index is 0.0785. The van der Waals surface area contributed by atoms with Gasteiger partial charge in [-0.05, 0) is 31.2 Å². The van der Waals surface area contributed by atoms with Gasteiger partial charge in [-0.15, -0.1) is 0 Å². The van der Waals surface area contributed by atoms with Crippen LogP contribution in [0, 0.1) is 10.1 Å². The minimum atomic E-state index is -4.18. The number of aliphatic hydroxyl groups excluding tert-OH is 1. The third-order valence-electron chi connectivity index (χ3n) is 4.49. The highest BCUT2D eigenvalue weighted by atomic mass is 35.5. The minimum Gasteiger partial charge on any atom is -0.467 e. The Kier molecular flexibility index (Phi) is 7.31. The number of benzene rings is 2. The van der Waals surface area contributed by atoms with Gasteiger partial charge in [0.25, 0.3) is 5.69 Å². The molecule has 3 rings (SSSR count). The average Bonchev–Trinajstić information content (AvgIpc) is 2.75. The molecule has 13 heteroatoms. The van der Waals surface area contributed by atoms with E-state index in [1.54, 1.807) is 0 Å². The van der Waals surface area contributed by atoms with Crippen LogP contribution in [0.2, 0.25) is 5.02 Å². The second-order valence-corrected chi connectivity index (χ2v) is 9.01. The third-order valence-corrected chi connectivity index (χ3v) is 6.20. The predicted octanol–water partition coefficient (Wildman–Crippen LogP) is 1.89. The first-order valence-corrected chi connectivity index (χ1v) is 11.1. The number of carbonyl (C=O) groups excluding carboxylic acids is 1. The van der Waals surface area contributed by atoms with Crippen LogP contribution in [0.4, 0.5) is 5.69 Å². The molecular formula is C19H19ClN2O9S. The number of hydrogen-bond donors (Lipinski definition) is 2. The zero-order chi connectivity index (χ0) is 23.5. The molecule has 0 bridgehead atoms. The molecule has 0 unspecified atom stereocenters. The van der Waals surface area contributed by atoms with Gasteiger partial charge in [0.1, 0.15) is 18.4 Å². The topological polar surface area (TPSA) is 154 Å². The van der Waals surface area contributed by atoms with E-state index in [2.05, 4.69) is 4.72 Å². The smallest absolute Gasteiger partial charge is 0.327 e. The van der Waals surface area contributed by atoms with Crippen LogP contribution in [0.25, 0.3) is 0 Å². The quantitative estimate of drug-likeness (QED) is 0.323. The van der Waals surface area contributed by atoms with Crippen molar-refractivity contribution >= 4 is 33.3 Å². The van der Waals surface area contributed by atoms with Crippen molar-refractivity contribution in [3.8, 4) is 5.75 Å². The van der Waals surface area contributed by atoms with Crippen LogP contribution in [0.15, 0.2) is 41.3 Å². The number of rotatable bonds is 8. The molecule has 0 spiro atoms. The predicted molar refractivity (Wildman–Crippen MR) is 110 cm³/mol. The van der Waals surface area contributed by atoms with Crippen LogP contribution >= 0.6 is 11.6 Å². The van der Waals surface area contributed by atoms with Gasteiger partial charge in [0.15, 0.2) is 6.79 Å². The second kappa shape index (κ2) is 9.79. The van der Waals surface area contributed by atoms with Gasteiger partial charge < -0.3 is 19.3 Å². The highest BCUT2D eigenvalue weighted by molar-refractivity contribution is 7.89. The van der Waals surface area contributed by atoms with Crippen LogP contribution in [0.5, 0.6) is 5.75 Å². The number of sulfonamides is 1. The molecule has 0 amide bonds. The molecule has 172 valence electrons. The third kappa shape index (κ3) is 5.53. The van der Waals surface area contributed by atoms with Crippen molar-refractivity contribution in [2.75, 3.05) is 6.79 Å². The van der Waals surface area contributed by atoms with Crippen molar-refractivity contribution in [2.45, 2.75) is 37.2 Å². The summed E-state index contributed by atoms with van der Waals surface area (Å²) in [4.78, 5) is 23.0. The number of aliphatic hydroxyl groups is 1. The number of nitrogens with zero attached hydrogens (tertiary/aromatic N) is 1. The standard InChI is InChI=1S/C19H19ClN2O9S/c1-11(23)17(21-32(27,28)16-4-2-14(20)3-5-16)19(24)30-9-13-7-15(22(25)26)6-12-8-29-10-31-18(12)13/h2-7,11,17,21,23H,8-10H2,1H3/t11-,17+/m1/s1. The zero-order valence-electron chi connectivity index (χ0n) is 16.7. The SMILES string of the molecule is C[C@@H](O)[C@H](NS(=O)(=O)c1ccc(Cl)cc1)C(=O)OCc1cc([N+](=O)[O-])cc2c1OCOC2. The molecular weight excluding hydrogens is 468 g/mol. The number of nitro groups is 1. The molecule has 0 saturated heterocycles. The van der Waals surface area contributed by atoms with Gasteiger partial charge in [0.05, 0.1) is 22.5 Å². The van der Waals surface area contributed by atoms with Gasteiger partial charge in [0.2, 0.25) is 10.0 Å². The Morgan fingerprint density at radius 3 is 2.66 bits per heavy atom. The summed E-state index contributed by atoms with van der Waals surface area (Å²) in [6.07, 6.45) is -1.44. The van der Waals surface area contributed by atoms with Crippen molar-refractivity contribution in [1.29, 1.82) is 0 Å². The lowest BCUT2D eigenvalue weighted by atomic mass is 10.1. The van der Waals surface area contributed by atoms with Gasteiger partial charge >= 0.3 is 5.97 Å². The number of esters is 1.